The maximum absolute atomic E-state index is 14.8. The molecular formula is C24H21F5N4O3. The first-order valence-electron chi connectivity index (χ1n) is 11.6. The van der Waals surface area contributed by atoms with E-state index in [1.54, 1.807) is 4.90 Å². The molecule has 3 aromatic rings. The number of rotatable bonds is 2. The Bertz CT molecular complexity index is 1420. The molecule has 2 saturated heterocycles. The molecule has 0 aliphatic carbocycles. The van der Waals surface area contributed by atoms with Crippen molar-refractivity contribution in [1.82, 2.24) is 14.9 Å². The number of piperazine rings is 1. The monoisotopic (exact) mass is 508 g/mol. The molecule has 190 valence electrons. The fourth-order valence-corrected chi connectivity index (χ4v) is 5.66. The van der Waals surface area contributed by atoms with Crippen molar-refractivity contribution in [1.29, 1.82) is 0 Å². The summed E-state index contributed by atoms with van der Waals surface area (Å²) in [5.74, 6) is -2.31. The summed E-state index contributed by atoms with van der Waals surface area (Å²) in [6.07, 6.45) is -4.45. The molecule has 3 aliphatic heterocycles. The Morgan fingerprint density at radius 1 is 1.11 bits per heavy atom. The van der Waals surface area contributed by atoms with Crippen LogP contribution in [0, 0.1) is 11.6 Å². The quantitative estimate of drug-likeness (QED) is 0.519. The van der Waals surface area contributed by atoms with Crippen LogP contribution in [0.15, 0.2) is 29.1 Å². The van der Waals surface area contributed by atoms with Crippen LogP contribution in [0.4, 0.5) is 27.8 Å². The van der Waals surface area contributed by atoms with Gasteiger partial charge in [-0.15, -0.1) is 0 Å². The van der Waals surface area contributed by atoms with Crippen LogP contribution in [-0.2, 0) is 12.7 Å². The Kier molecular flexibility index (Phi) is 5.23. The molecule has 0 amide bonds. The number of ether oxygens (including phenoxy) is 1. The van der Waals surface area contributed by atoms with Crippen molar-refractivity contribution >= 4 is 16.7 Å². The van der Waals surface area contributed by atoms with Gasteiger partial charge in [-0.25, -0.2) is 13.6 Å². The topological polar surface area (TPSA) is 79.6 Å². The molecule has 4 heterocycles. The minimum atomic E-state index is -4.91. The van der Waals surface area contributed by atoms with Gasteiger partial charge in [-0.3, -0.25) is 4.57 Å². The highest BCUT2D eigenvalue weighted by molar-refractivity contribution is 6.00. The number of alkyl halides is 3. The minimum absolute atomic E-state index is 0.0587. The molecule has 1 aromatic heterocycles. The smallest absolute Gasteiger partial charge is 0.417 e. The van der Waals surface area contributed by atoms with Crippen molar-refractivity contribution in [2.75, 3.05) is 24.6 Å². The Morgan fingerprint density at radius 3 is 2.50 bits per heavy atom. The number of fused-ring (bicyclic) bond motifs is 2. The van der Waals surface area contributed by atoms with Gasteiger partial charge in [0.1, 0.15) is 24.1 Å². The summed E-state index contributed by atoms with van der Waals surface area (Å²) in [6.45, 7) is 0.622. The number of nitrogens with zero attached hydrogens (tertiary/aromatic N) is 3. The number of halogens is 5. The molecule has 36 heavy (non-hydrogen) atoms. The van der Waals surface area contributed by atoms with Crippen LogP contribution in [0.25, 0.3) is 22.0 Å². The normalized spacial score (nSPS) is 23.6. The van der Waals surface area contributed by atoms with Crippen molar-refractivity contribution < 1.29 is 31.8 Å². The molecule has 0 spiro atoms. The van der Waals surface area contributed by atoms with Gasteiger partial charge in [-0.1, -0.05) is 0 Å². The van der Waals surface area contributed by atoms with Crippen LogP contribution in [0.2, 0.25) is 0 Å². The summed E-state index contributed by atoms with van der Waals surface area (Å²) < 4.78 is 78.4. The number of anilines is 1. The molecule has 2 N–H and O–H groups in total. The Balaban J connectivity index is 1.64. The number of hydrogen-bond donors (Lipinski definition) is 2. The lowest BCUT2D eigenvalue weighted by atomic mass is 9.91. The first-order chi connectivity index (χ1) is 17.1. The molecule has 2 fully saturated rings. The van der Waals surface area contributed by atoms with E-state index in [4.69, 9.17) is 4.74 Å². The van der Waals surface area contributed by atoms with Crippen molar-refractivity contribution in [2.24, 2.45) is 0 Å². The number of hydrogen-bond acceptors (Lipinski definition) is 6. The number of benzene rings is 2. The summed E-state index contributed by atoms with van der Waals surface area (Å²) in [5, 5.41) is 13.5. The second kappa shape index (κ2) is 8.13. The Labute approximate surface area is 201 Å². The van der Waals surface area contributed by atoms with Crippen molar-refractivity contribution in [3.63, 3.8) is 0 Å². The summed E-state index contributed by atoms with van der Waals surface area (Å²) in [6, 6.07) is 2.94. The largest absolute Gasteiger partial charge is 0.489 e. The maximum atomic E-state index is 14.8. The van der Waals surface area contributed by atoms with E-state index in [1.807, 2.05) is 0 Å². The molecule has 2 bridgehead atoms. The second-order valence-corrected chi connectivity index (χ2v) is 9.46. The predicted molar refractivity (Wildman–Crippen MR) is 120 cm³/mol. The van der Waals surface area contributed by atoms with E-state index >= 15 is 0 Å². The van der Waals surface area contributed by atoms with Gasteiger partial charge in [0.05, 0.1) is 23.7 Å². The third-order valence-corrected chi connectivity index (χ3v) is 7.03. The van der Waals surface area contributed by atoms with Gasteiger partial charge >= 0.3 is 11.9 Å². The molecule has 2 aromatic carbocycles. The lowest BCUT2D eigenvalue weighted by Crippen LogP contribution is -2.61. The van der Waals surface area contributed by atoms with Crippen LogP contribution in [0.1, 0.15) is 18.4 Å². The highest BCUT2D eigenvalue weighted by atomic mass is 19.4. The zero-order valence-corrected chi connectivity index (χ0v) is 18.8. The molecule has 7 nitrogen and oxygen atoms in total. The zero-order chi connectivity index (χ0) is 25.4. The summed E-state index contributed by atoms with van der Waals surface area (Å²) >= 11 is 0. The van der Waals surface area contributed by atoms with E-state index in [2.05, 4.69) is 10.3 Å². The van der Waals surface area contributed by atoms with E-state index in [0.717, 1.165) is 18.2 Å². The van der Waals surface area contributed by atoms with Crippen LogP contribution in [0.5, 0.6) is 5.75 Å². The molecule has 3 aliphatic rings. The van der Waals surface area contributed by atoms with E-state index < -0.39 is 46.3 Å². The molecule has 12 heteroatoms. The number of piperidine rings is 1. The van der Waals surface area contributed by atoms with Gasteiger partial charge in [0.2, 0.25) is 0 Å². The van der Waals surface area contributed by atoms with E-state index in [9.17, 15) is 31.9 Å². The standard InChI is InChI=1S/C24H21F5N4O3/c25-11-1-2-15(18(26)5-11)19-17(24(27,28)29)8-16-20-21(19)36-4-3-33(20)23(35)31-22(16)32-9-12-6-14(34)7-13(10-32)30-12/h1-2,5,8,12-14,30,34H,3-4,6-7,9-10H2. The van der Waals surface area contributed by atoms with E-state index in [0.29, 0.717) is 32.0 Å². The Morgan fingerprint density at radius 2 is 1.83 bits per heavy atom. The van der Waals surface area contributed by atoms with Crippen LogP contribution < -0.4 is 20.6 Å². The minimum Gasteiger partial charge on any atom is -0.489 e. The van der Waals surface area contributed by atoms with E-state index in [-0.39, 0.29) is 47.7 Å². The summed E-state index contributed by atoms with van der Waals surface area (Å²) in [7, 11) is 0. The molecule has 0 radical (unpaired) electrons. The first-order valence-corrected chi connectivity index (χ1v) is 11.6. The third kappa shape index (κ3) is 3.70. The van der Waals surface area contributed by atoms with Crippen molar-refractivity contribution in [3.8, 4) is 16.9 Å². The fourth-order valence-electron chi connectivity index (χ4n) is 5.66. The number of aliphatic hydroxyl groups excluding tert-OH is 1. The van der Waals surface area contributed by atoms with Gasteiger partial charge in [-0.05, 0) is 31.0 Å². The van der Waals surface area contributed by atoms with Gasteiger partial charge in [0.15, 0.2) is 5.75 Å². The van der Waals surface area contributed by atoms with Crippen molar-refractivity contribution in [2.45, 2.75) is 43.8 Å². The van der Waals surface area contributed by atoms with Crippen LogP contribution >= 0.6 is 0 Å². The number of aliphatic hydroxyl groups is 1. The average molecular weight is 508 g/mol. The van der Waals surface area contributed by atoms with Gasteiger partial charge in [0, 0.05) is 47.8 Å². The van der Waals surface area contributed by atoms with Crippen LogP contribution in [0.3, 0.4) is 0 Å². The van der Waals surface area contributed by atoms with Gasteiger partial charge in [-0.2, -0.15) is 18.2 Å². The summed E-state index contributed by atoms with van der Waals surface area (Å²) in [4.78, 5) is 18.9. The maximum Gasteiger partial charge on any atom is 0.417 e. The number of aromatic nitrogens is 2. The van der Waals surface area contributed by atoms with Gasteiger partial charge in [0.25, 0.3) is 0 Å². The molecule has 2 unspecified atom stereocenters. The van der Waals surface area contributed by atoms with Crippen molar-refractivity contribution in [3.05, 3.63) is 51.9 Å². The van der Waals surface area contributed by atoms with Gasteiger partial charge < -0.3 is 20.1 Å². The predicted octanol–water partition coefficient (Wildman–Crippen LogP) is 3.05. The molecular weight excluding hydrogens is 487 g/mol. The fraction of sp³-hybridized carbons (Fsp3) is 0.417. The third-order valence-electron chi connectivity index (χ3n) is 7.03. The van der Waals surface area contributed by atoms with E-state index in [1.165, 1.54) is 4.57 Å². The highest BCUT2D eigenvalue weighted by Crippen LogP contribution is 2.49. The van der Waals surface area contributed by atoms with Crippen LogP contribution in [-0.4, -0.2) is 52.5 Å². The first kappa shape index (κ1) is 23.2. The highest BCUT2D eigenvalue weighted by Gasteiger charge is 2.40. The molecule has 2 atom stereocenters. The molecule has 0 saturated carbocycles. The molecule has 6 rings (SSSR count). The lowest BCUT2D eigenvalue weighted by Gasteiger charge is -2.44. The lowest BCUT2D eigenvalue weighted by molar-refractivity contribution is -0.137. The second-order valence-electron chi connectivity index (χ2n) is 9.46. The summed E-state index contributed by atoms with van der Waals surface area (Å²) in [5.41, 5.74) is -2.80. The Hall–Kier alpha value is -3.25. The zero-order valence-electron chi connectivity index (χ0n) is 18.8. The average Bonchev–Trinajstić information content (AvgIpc) is 2.80. The SMILES string of the molecule is O=c1nc(N2CC3CC(O)CC(C2)N3)c2cc(C(F)(F)F)c(-c3ccc(F)cc3F)c3c2n1CCO3. The number of nitrogens with one attached hydrogen (secondary N) is 1.